The smallest absolute Gasteiger partial charge is 0.342 e. The second-order valence-corrected chi connectivity index (χ2v) is 6.71. The fourth-order valence-electron chi connectivity index (χ4n) is 2.61. The summed E-state index contributed by atoms with van der Waals surface area (Å²) in [6.07, 6.45) is -0.0300. The Kier molecular flexibility index (Phi) is 7.25. The number of methoxy groups -OCH3 is 1. The van der Waals surface area contributed by atoms with E-state index < -0.39 is 18.0 Å². The minimum absolute atomic E-state index is 0.171. The van der Waals surface area contributed by atoms with Gasteiger partial charge in [-0.2, -0.15) is 0 Å². The highest BCUT2D eigenvalue weighted by atomic mass is 35.5. The number of amides is 1. The van der Waals surface area contributed by atoms with E-state index in [0.29, 0.717) is 16.7 Å². The zero-order valence-corrected chi connectivity index (χ0v) is 16.7. The van der Waals surface area contributed by atoms with Crippen LogP contribution in [0.15, 0.2) is 42.5 Å². The largest absolute Gasteiger partial charge is 0.496 e. The van der Waals surface area contributed by atoms with Crippen molar-refractivity contribution in [1.82, 2.24) is 0 Å². The third-order valence-corrected chi connectivity index (χ3v) is 4.63. The van der Waals surface area contributed by atoms with Crippen LogP contribution in [0.4, 0.5) is 5.69 Å². The number of rotatable bonds is 7. The number of carbonyl (C=O) groups is 2. The number of hydrogen-bond acceptors (Lipinski definition) is 4. The number of nitrogens with one attached hydrogen (secondary N) is 1. The summed E-state index contributed by atoms with van der Waals surface area (Å²) in [4.78, 5) is 24.9. The molecule has 0 saturated heterocycles. The number of benzene rings is 2. The molecule has 0 fully saturated rings. The Morgan fingerprint density at radius 3 is 2.52 bits per heavy atom. The fraction of sp³-hybridized carbons (Fsp3) is 0.333. The molecule has 0 heterocycles. The minimum atomic E-state index is -0.980. The molecule has 27 heavy (non-hydrogen) atoms. The molecule has 0 unspecified atom stereocenters. The van der Waals surface area contributed by atoms with E-state index in [1.807, 2.05) is 24.3 Å². The van der Waals surface area contributed by atoms with Crippen LogP contribution in [0.1, 0.15) is 49.0 Å². The highest BCUT2D eigenvalue weighted by Crippen LogP contribution is 2.27. The number of halogens is 1. The third-order valence-electron chi connectivity index (χ3n) is 4.40. The van der Waals surface area contributed by atoms with Crippen molar-refractivity contribution in [2.45, 2.75) is 39.2 Å². The first kappa shape index (κ1) is 20.8. The Balaban J connectivity index is 2.11. The summed E-state index contributed by atoms with van der Waals surface area (Å²) >= 11 is 5.94. The lowest BCUT2D eigenvalue weighted by molar-refractivity contribution is -0.123. The van der Waals surface area contributed by atoms with E-state index in [1.165, 1.54) is 20.1 Å². The normalized spacial score (nSPS) is 12.8. The van der Waals surface area contributed by atoms with E-state index in [1.54, 1.807) is 12.1 Å². The van der Waals surface area contributed by atoms with Crippen LogP contribution in [-0.2, 0) is 9.53 Å². The second-order valence-electron chi connectivity index (χ2n) is 6.28. The molecule has 0 aliphatic rings. The van der Waals surface area contributed by atoms with Crippen molar-refractivity contribution in [3.63, 3.8) is 0 Å². The van der Waals surface area contributed by atoms with E-state index >= 15 is 0 Å². The molecule has 2 atom stereocenters. The van der Waals surface area contributed by atoms with Gasteiger partial charge in [-0.25, -0.2) is 4.79 Å². The summed E-state index contributed by atoms with van der Waals surface area (Å²) in [7, 11) is 1.45. The van der Waals surface area contributed by atoms with Crippen molar-refractivity contribution in [2.24, 2.45) is 0 Å². The minimum Gasteiger partial charge on any atom is -0.496 e. The van der Waals surface area contributed by atoms with Crippen LogP contribution in [0.2, 0.25) is 5.02 Å². The van der Waals surface area contributed by atoms with Crippen LogP contribution in [0, 0.1) is 0 Å². The van der Waals surface area contributed by atoms with E-state index in [2.05, 4.69) is 19.2 Å². The van der Waals surface area contributed by atoms with Gasteiger partial charge in [0.15, 0.2) is 6.10 Å². The number of anilines is 1. The predicted octanol–water partition coefficient (Wildman–Crippen LogP) is 5.05. The van der Waals surface area contributed by atoms with E-state index in [-0.39, 0.29) is 5.56 Å². The van der Waals surface area contributed by atoms with Crippen molar-refractivity contribution in [3.05, 3.63) is 58.6 Å². The van der Waals surface area contributed by atoms with Crippen molar-refractivity contribution in [1.29, 1.82) is 0 Å². The van der Waals surface area contributed by atoms with E-state index in [4.69, 9.17) is 21.1 Å². The summed E-state index contributed by atoms with van der Waals surface area (Å²) in [5.41, 5.74) is 1.94. The van der Waals surface area contributed by atoms with Gasteiger partial charge in [0, 0.05) is 10.7 Å². The number of esters is 1. The van der Waals surface area contributed by atoms with Gasteiger partial charge in [0.2, 0.25) is 0 Å². The van der Waals surface area contributed by atoms with Crippen molar-refractivity contribution < 1.29 is 19.1 Å². The molecule has 6 heteroatoms. The molecule has 0 aromatic heterocycles. The van der Waals surface area contributed by atoms with E-state index in [0.717, 1.165) is 17.7 Å². The van der Waals surface area contributed by atoms with Gasteiger partial charge >= 0.3 is 5.97 Å². The van der Waals surface area contributed by atoms with Gasteiger partial charge in [0.25, 0.3) is 5.91 Å². The van der Waals surface area contributed by atoms with E-state index in [9.17, 15) is 9.59 Å². The number of para-hydroxylation sites is 1. The molecule has 0 radical (unpaired) electrons. The highest BCUT2D eigenvalue weighted by Gasteiger charge is 2.22. The molecule has 0 aliphatic carbocycles. The predicted molar refractivity (Wildman–Crippen MR) is 107 cm³/mol. The maximum Gasteiger partial charge on any atom is 0.342 e. The molecule has 1 amide bonds. The van der Waals surface area contributed by atoms with Crippen LogP contribution in [0.3, 0.4) is 0 Å². The summed E-state index contributed by atoms with van der Waals surface area (Å²) in [6.45, 7) is 5.71. The molecule has 2 aromatic rings. The summed E-state index contributed by atoms with van der Waals surface area (Å²) < 4.78 is 10.5. The maximum atomic E-state index is 12.5. The van der Waals surface area contributed by atoms with Crippen LogP contribution >= 0.6 is 11.6 Å². The number of hydrogen-bond donors (Lipinski definition) is 1. The molecular weight excluding hydrogens is 366 g/mol. The maximum absolute atomic E-state index is 12.5. The lowest BCUT2D eigenvalue weighted by Crippen LogP contribution is -2.30. The van der Waals surface area contributed by atoms with Crippen molar-refractivity contribution in [3.8, 4) is 5.75 Å². The molecule has 144 valence electrons. The Labute approximate surface area is 164 Å². The molecule has 0 bridgehead atoms. The lowest BCUT2D eigenvalue weighted by Gasteiger charge is -2.18. The summed E-state index contributed by atoms with van der Waals surface area (Å²) in [5.74, 6) is -0.443. The Bertz CT molecular complexity index is 822. The fourth-order valence-corrected chi connectivity index (χ4v) is 2.78. The number of carbonyl (C=O) groups excluding carboxylic acids is 2. The van der Waals surface area contributed by atoms with Gasteiger partial charge < -0.3 is 14.8 Å². The average Bonchev–Trinajstić information content (AvgIpc) is 2.67. The Hall–Kier alpha value is -2.53. The number of ether oxygens (including phenoxy) is 2. The highest BCUT2D eigenvalue weighted by molar-refractivity contribution is 6.31. The molecule has 5 nitrogen and oxygen atoms in total. The van der Waals surface area contributed by atoms with Crippen LogP contribution in [0.25, 0.3) is 0 Å². The van der Waals surface area contributed by atoms with Crippen LogP contribution in [0.5, 0.6) is 5.75 Å². The molecule has 0 aliphatic heterocycles. The quantitative estimate of drug-likeness (QED) is 0.673. The van der Waals surface area contributed by atoms with Gasteiger partial charge in [-0.1, -0.05) is 43.6 Å². The lowest BCUT2D eigenvalue weighted by atomic mass is 9.97. The molecule has 2 aromatic carbocycles. The van der Waals surface area contributed by atoms with Crippen molar-refractivity contribution >= 4 is 29.2 Å². The summed E-state index contributed by atoms with van der Waals surface area (Å²) in [5, 5.41) is 3.23. The van der Waals surface area contributed by atoms with Gasteiger partial charge in [-0.05, 0) is 49.1 Å². The second kappa shape index (κ2) is 9.42. The van der Waals surface area contributed by atoms with Gasteiger partial charge in [-0.3, -0.25) is 4.79 Å². The first-order valence-electron chi connectivity index (χ1n) is 8.81. The monoisotopic (exact) mass is 389 g/mol. The third kappa shape index (κ3) is 5.23. The van der Waals surface area contributed by atoms with Crippen molar-refractivity contribution in [2.75, 3.05) is 12.4 Å². The Morgan fingerprint density at radius 1 is 1.15 bits per heavy atom. The zero-order valence-electron chi connectivity index (χ0n) is 15.9. The first-order chi connectivity index (χ1) is 12.9. The zero-order chi connectivity index (χ0) is 20.0. The summed E-state index contributed by atoms with van der Waals surface area (Å²) in [6, 6.07) is 12.3. The molecule has 2 rings (SSSR count). The van der Waals surface area contributed by atoms with Gasteiger partial charge in [0.05, 0.1) is 7.11 Å². The van der Waals surface area contributed by atoms with Gasteiger partial charge in [0.1, 0.15) is 11.3 Å². The molecule has 0 saturated carbocycles. The van der Waals surface area contributed by atoms with Gasteiger partial charge in [-0.15, -0.1) is 0 Å². The molecule has 0 spiro atoms. The molecular formula is C21H24ClNO4. The van der Waals surface area contributed by atoms with Crippen LogP contribution in [-0.4, -0.2) is 25.1 Å². The topological polar surface area (TPSA) is 64.6 Å². The average molecular weight is 390 g/mol. The SMILES string of the molecule is CC[C@H](C)c1ccccc1NC(=O)[C@@H](C)OC(=O)c1cc(Cl)ccc1OC. The molecule has 1 N–H and O–H groups in total. The first-order valence-corrected chi connectivity index (χ1v) is 9.19. The van der Waals surface area contributed by atoms with Crippen LogP contribution < -0.4 is 10.1 Å². The Morgan fingerprint density at radius 2 is 1.85 bits per heavy atom. The standard InChI is InChI=1S/C21H24ClNO4/c1-5-13(2)16-8-6-7-9-18(16)23-20(24)14(3)27-21(25)17-12-15(22)10-11-19(17)26-4/h6-14H,5H2,1-4H3,(H,23,24)/t13-,14+/m0/s1.